The first kappa shape index (κ1) is 14.2. The van der Waals surface area contributed by atoms with Gasteiger partial charge in [-0.25, -0.2) is 0 Å². The Morgan fingerprint density at radius 3 is 2.14 bits per heavy atom. The Morgan fingerprint density at radius 2 is 1.71 bits per heavy atom. The number of aliphatic hydroxyl groups is 1. The van der Waals surface area contributed by atoms with Gasteiger partial charge in [-0.15, -0.1) is 0 Å². The van der Waals surface area contributed by atoms with E-state index >= 15 is 0 Å². The number of aliphatic hydroxyl groups excluding tert-OH is 1. The fourth-order valence-electron chi connectivity index (χ4n) is 0.921. The molecule has 0 aliphatic carbocycles. The molecule has 1 atom stereocenters. The van der Waals surface area contributed by atoms with Gasteiger partial charge in [0.1, 0.15) is 0 Å². The summed E-state index contributed by atoms with van der Waals surface area (Å²) in [7, 11) is -4.35. The van der Waals surface area contributed by atoms with Crippen molar-refractivity contribution in [1.29, 1.82) is 0 Å². The number of benzene rings is 1. The van der Waals surface area contributed by atoms with Crippen molar-refractivity contribution in [2.24, 2.45) is 0 Å². The molecular formula is C8H10O4SY. The van der Waals surface area contributed by atoms with Crippen LogP contribution in [0.3, 0.4) is 0 Å². The third kappa shape index (κ3) is 4.62. The van der Waals surface area contributed by atoms with Gasteiger partial charge < -0.3 is 5.11 Å². The summed E-state index contributed by atoms with van der Waals surface area (Å²) in [6.45, 7) is 0. The van der Waals surface area contributed by atoms with Crippen LogP contribution in [0.15, 0.2) is 30.3 Å². The Balaban J connectivity index is 0.00000169. The molecule has 0 heterocycles. The molecule has 0 aliphatic heterocycles. The molecule has 0 spiro atoms. The normalized spacial score (nSPS) is 13.0. The van der Waals surface area contributed by atoms with Crippen LogP contribution in [0.25, 0.3) is 0 Å². The van der Waals surface area contributed by atoms with Crippen LogP contribution in [-0.2, 0) is 49.2 Å². The van der Waals surface area contributed by atoms with E-state index in [-0.39, 0.29) is 39.1 Å². The number of hydrogen-bond donors (Lipinski definition) is 2. The van der Waals surface area contributed by atoms with Gasteiger partial charge in [-0.3, -0.25) is 4.55 Å². The van der Waals surface area contributed by atoms with E-state index < -0.39 is 15.6 Å². The smallest absolute Gasteiger partial charge is 0.292 e. The van der Waals surface area contributed by atoms with E-state index in [0.29, 0.717) is 5.56 Å². The van der Waals surface area contributed by atoms with Crippen molar-refractivity contribution < 1.29 is 50.8 Å². The van der Waals surface area contributed by atoms with Gasteiger partial charge in [0, 0.05) is 39.1 Å². The first-order chi connectivity index (χ1) is 6.00. The van der Waals surface area contributed by atoms with Gasteiger partial charge in [-0.2, -0.15) is 8.42 Å². The predicted molar refractivity (Wildman–Crippen MR) is 47.7 cm³/mol. The van der Waals surface area contributed by atoms with Crippen molar-refractivity contribution >= 4 is 10.1 Å². The molecule has 4 nitrogen and oxygen atoms in total. The SMILES string of the molecule is O=S(=O)(O)C(O)Cc1ccccc1.[Y]. The van der Waals surface area contributed by atoms with Gasteiger partial charge >= 0.3 is 0 Å². The zero-order chi connectivity index (χ0) is 9.90. The molecule has 1 aromatic rings. The number of rotatable bonds is 3. The summed E-state index contributed by atoms with van der Waals surface area (Å²) in [5, 5.41) is 9.00. The van der Waals surface area contributed by atoms with Crippen molar-refractivity contribution in [3.8, 4) is 0 Å². The first-order valence-electron chi connectivity index (χ1n) is 3.68. The molecule has 0 aromatic heterocycles. The fourth-order valence-corrected chi connectivity index (χ4v) is 1.32. The van der Waals surface area contributed by atoms with Gasteiger partial charge in [0.05, 0.1) is 0 Å². The van der Waals surface area contributed by atoms with Crippen LogP contribution in [0.2, 0.25) is 0 Å². The standard InChI is InChI=1S/C8H10O4S.Y/c9-8(13(10,11)12)6-7-4-2-1-3-5-7;/h1-5,8-9H,6H2,(H,10,11,12);. The summed E-state index contributed by atoms with van der Waals surface area (Å²) in [5.41, 5.74) is -1.08. The first-order valence-corrected chi connectivity index (χ1v) is 5.19. The summed E-state index contributed by atoms with van der Waals surface area (Å²) in [4.78, 5) is 0. The van der Waals surface area contributed by atoms with E-state index in [0.717, 1.165) is 0 Å². The molecule has 0 saturated carbocycles. The predicted octanol–water partition coefficient (Wildman–Crippen LogP) is 0.433. The van der Waals surface area contributed by atoms with E-state index in [4.69, 9.17) is 9.66 Å². The minimum absolute atomic E-state index is 0. The summed E-state index contributed by atoms with van der Waals surface area (Å²) < 4.78 is 29.4. The van der Waals surface area contributed by atoms with Crippen molar-refractivity contribution in [3.63, 3.8) is 0 Å². The van der Waals surface area contributed by atoms with Crippen LogP contribution < -0.4 is 0 Å². The molecule has 0 amide bonds. The van der Waals surface area contributed by atoms with E-state index in [1.165, 1.54) is 0 Å². The minimum Gasteiger partial charge on any atom is -0.375 e. The van der Waals surface area contributed by atoms with E-state index in [2.05, 4.69) is 0 Å². The molecule has 1 rings (SSSR count). The van der Waals surface area contributed by atoms with Gasteiger partial charge in [0.15, 0.2) is 5.44 Å². The Kier molecular flexibility index (Phi) is 6.01. The van der Waals surface area contributed by atoms with Crippen molar-refractivity contribution in [2.75, 3.05) is 0 Å². The molecule has 0 saturated heterocycles. The van der Waals surface area contributed by atoms with Crippen LogP contribution in [0, 0.1) is 0 Å². The summed E-state index contributed by atoms with van der Waals surface area (Å²) in [5.74, 6) is 0. The van der Waals surface area contributed by atoms with Gasteiger partial charge in [0.2, 0.25) is 0 Å². The van der Waals surface area contributed by atoms with Crippen LogP contribution >= 0.6 is 0 Å². The molecule has 0 fully saturated rings. The third-order valence-electron chi connectivity index (χ3n) is 1.60. The zero-order valence-corrected chi connectivity index (χ0v) is 11.0. The van der Waals surface area contributed by atoms with Crippen molar-refractivity contribution in [1.82, 2.24) is 0 Å². The molecule has 0 bridgehead atoms. The number of hydrogen-bond acceptors (Lipinski definition) is 3. The largest absolute Gasteiger partial charge is 0.375 e. The van der Waals surface area contributed by atoms with Gasteiger partial charge in [-0.05, 0) is 5.56 Å². The summed E-state index contributed by atoms with van der Waals surface area (Å²) >= 11 is 0. The third-order valence-corrected chi connectivity index (χ3v) is 2.45. The molecule has 14 heavy (non-hydrogen) atoms. The molecule has 2 N–H and O–H groups in total. The van der Waals surface area contributed by atoms with Gasteiger partial charge in [0.25, 0.3) is 10.1 Å². The zero-order valence-electron chi connectivity index (χ0n) is 7.37. The second-order valence-corrected chi connectivity index (χ2v) is 4.23. The van der Waals surface area contributed by atoms with E-state index in [9.17, 15) is 8.42 Å². The molecule has 1 radical (unpaired) electrons. The quantitative estimate of drug-likeness (QED) is 0.792. The minimum atomic E-state index is -4.35. The molecule has 75 valence electrons. The van der Waals surface area contributed by atoms with Crippen LogP contribution in [0.1, 0.15) is 5.56 Å². The maximum atomic E-state index is 10.4. The topological polar surface area (TPSA) is 74.6 Å². The second-order valence-electron chi connectivity index (χ2n) is 2.66. The molecule has 0 aliphatic rings. The second kappa shape index (κ2) is 5.93. The molecular weight excluding hydrogens is 281 g/mol. The van der Waals surface area contributed by atoms with E-state index in [1.807, 2.05) is 0 Å². The monoisotopic (exact) mass is 291 g/mol. The average molecular weight is 291 g/mol. The van der Waals surface area contributed by atoms with Crippen LogP contribution in [0.5, 0.6) is 0 Å². The Bertz CT molecular complexity index is 362. The maximum Gasteiger partial charge on any atom is 0.292 e. The average Bonchev–Trinajstić information content (AvgIpc) is 2.04. The Morgan fingerprint density at radius 1 is 1.21 bits per heavy atom. The Hall–Kier alpha value is 0.194. The van der Waals surface area contributed by atoms with Gasteiger partial charge in [-0.1, -0.05) is 30.3 Å². The van der Waals surface area contributed by atoms with Crippen LogP contribution in [0.4, 0.5) is 0 Å². The fraction of sp³-hybridized carbons (Fsp3) is 0.250. The van der Waals surface area contributed by atoms with Crippen molar-refractivity contribution in [3.05, 3.63) is 35.9 Å². The molecule has 1 unspecified atom stereocenters. The maximum absolute atomic E-state index is 10.4. The Labute approximate surface area is 108 Å². The molecule has 6 heteroatoms. The van der Waals surface area contributed by atoms with Crippen molar-refractivity contribution in [2.45, 2.75) is 11.9 Å². The van der Waals surface area contributed by atoms with E-state index in [1.54, 1.807) is 30.3 Å². The molecule has 1 aromatic carbocycles. The van der Waals surface area contributed by atoms with Crippen LogP contribution in [-0.4, -0.2) is 23.5 Å². The summed E-state index contributed by atoms with van der Waals surface area (Å²) in [6.07, 6.45) is -0.0975. The summed E-state index contributed by atoms with van der Waals surface area (Å²) in [6, 6.07) is 8.59.